The Bertz CT molecular complexity index is 602. The second kappa shape index (κ2) is 6.47. The molecule has 0 aromatic heterocycles. The molecule has 4 nitrogen and oxygen atoms in total. The molecular formula is C16H18Cl2N2O2. The molecule has 1 saturated heterocycles. The van der Waals surface area contributed by atoms with Gasteiger partial charge in [-0.2, -0.15) is 0 Å². The van der Waals surface area contributed by atoms with E-state index in [1.807, 2.05) is 4.90 Å². The Hall–Kier alpha value is -1.26. The van der Waals surface area contributed by atoms with Crippen LogP contribution in [0.3, 0.4) is 0 Å². The predicted octanol–water partition coefficient (Wildman–Crippen LogP) is 3.08. The number of hydrogen-bond acceptors (Lipinski definition) is 2. The first-order valence-electron chi connectivity index (χ1n) is 7.59. The maximum absolute atomic E-state index is 12.6. The van der Waals surface area contributed by atoms with Crippen molar-refractivity contribution in [2.75, 3.05) is 26.2 Å². The topological polar surface area (TPSA) is 40.6 Å². The summed E-state index contributed by atoms with van der Waals surface area (Å²) >= 11 is 12.0. The van der Waals surface area contributed by atoms with Crippen molar-refractivity contribution < 1.29 is 9.59 Å². The predicted molar refractivity (Wildman–Crippen MR) is 86.3 cm³/mol. The number of amides is 2. The molecule has 3 rings (SSSR count). The van der Waals surface area contributed by atoms with Gasteiger partial charge in [0.15, 0.2) is 0 Å². The molecule has 1 saturated carbocycles. The lowest BCUT2D eigenvalue weighted by atomic mass is 10.2. The fourth-order valence-electron chi connectivity index (χ4n) is 2.76. The van der Waals surface area contributed by atoms with Crippen molar-refractivity contribution in [1.29, 1.82) is 0 Å². The molecule has 1 heterocycles. The van der Waals surface area contributed by atoms with Crippen molar-refractivity contribution in [3.63, 3.8) is 0 Å². The van der Waals surface area contributed by atoms with Crippen molar-refractivity contribution in [3.05, 3.63) is 33.8 Å². The number of halogens is 2. The summed E-state index contributed by atoms with van der Waals surface area (Å²) in [5, 5.41) is 0.881. The summed E-state index contributed by atoms with van der Waals surface area (Å²) in [5.74, 6) is 0.383. The molecule has 1 aliphatic carbocycles. The Morgan fingerprint density at radius 1 is 1.00 bits per heavy atom. The van der Waals surface area contributed by atoms with Crippen LogP contribution in [-0.4, -0.2) is 47.8 Å². The van der Waals surface area contributed by atoms with Gasteiger partial charge in [0.25, 0.3) is 5.91 Å². The number of hydrogen-bond donors (Lipinski definition) is 0. The Labute approximate surface area is 140 Å². The second-order valence-electron chi connectivity index (χ2n) is 5.87. The van der Waals surface area contributed by atoms with E-state index in [9.17, 15) is 9.59 Å². The SMILES string of the molecule is O=C(c1ccc(Cl)cc1Cl)N1CCCN(C(=O)C2CC2)CC1. The van der Waals surface area contributed by atoms with Gasteiger partial charge in [0.05, 0.1) is 10.6 Å². The molecule has 2 amide bonds. The number of rotatable bonds is 2. The molecular weight excluding hydrogens is 323 g/mol. The highest BCUT2D eigenvalue weighted by molar-refractivity contribution is 6.36. The minimum atomic E-state index is -0.0950. The van der Waals surface area contributed by atoms with Gasteiger partial charge in [-0.05, 0) is 37.5 Å². The van der Waals surface area contributed by atoms with Crippen LogP contribution in [0.4, 0.5) is 0 Å². The van der Waals surface area contributed by atoms with Gasteiger partial charge in [0.1, 0.15) is 0 Å². The monoisotopic (exact) mass is 340 g/mol. The first kappa shape index (κ1) is 15.6. The van der Waals surface area contributed by atoms with Gasteiger partial charge in [-0.3, -0.25) is 9.59 Å². The quantitative estimate of drug-likeness (QED) is 0.829. The Morgan fingerprint density at radius 3 is 2.36 bits per heavy atom. The van der Waals surface area contributed by atoms with Crippen LogP contribution >= 0.6 is 23.2 Å². The molecule has 0 unspecified atom stereocenters. The highest BCUT2D eigenvalue weighted by Crippen LogP contribution is 2.31. The molecule has 0 bridgehead atoms. The van der Waals surface area contributed by atoms with Crippen LogP contribution in [0.15, 0.2) is 18.2 Å². The van der Waals surface area contributed by atoms with Crippen molar-refractivity contribution in [1.82, 2.24) is 9.80 Å². The van der Waals surface area contributed by atoms with Gasteiger partial charge in [0, 0.05) is 37.1 Å². The van der Waals surface area contributed by atoms with E-state index < -0.39 is 0 Å². The van der Waals surface area contributed by atoms with Crippen LogP contribution < -0.4 is 0 Å². The lowest BCUT2D eigenvalue weighted by Crippen LogP contribution is -2.38. The lowest BCUT2D eigenvalue weighted by molar-refractivity contribution is -0.132. The Morgan fingerprint density at radius 2 is 1.68 bits per heavy atom. The molecule has 0 N–H and O–H groups in total. The number of benzene rings is 1. The summed E-state index contributed by atoms with van der Waals surface area (Å²) in [6, 6.07) is 4.91. The zero-order valence-electron chi connectivity index (χ0n) is 12.2. The van der Waals surface area contributed by atoms with Crippen molar-refractivity contribution in [3.8, 4) is 0 Å². The summed E-state index contributed by atoms with van der Waals surface area (Å²) in [4.78, 5) is 28.4. The molecule has 118 valence electrons. The molecule has 1 aromatic rings. The minimum absolute atomic E-state index is 0.0950. The van der Waals surface area contributed by atoms with Crippen LogP contribution in [0.25, 0.3) is 0 Å². The van der Waals surface area contributed by atoms with E-state index in [4.69, 9.17) is 23.2 Å². The zero-order valence-corrected chi connectivity index (χ0v) is 13.7. The molecule has 2 fully saturated rings. The smallest absolute Gasteiger partial charge is 0.255 e. The number of carbonyl (C=O) groups is 2. The van der Waals surface area contributed by atoms with Crippen LogP contribution in [0.2, 0.25) is 10.0 Å². The third kappa shape index (κ3) is 3.39. The van der Waals surface area contributed by atoms with Crippen molar-refractivity contribution in [2.24, 2.45) is 5.92 Å². The first-order valence-corrected chi connectivity index (χ1v) is 8.35. The minimum Gasteiger partial charge on any atom is -0.341 e. The van der Waals surface area contributed by atoms with Gasteiger partial charge in [-0.25, -0.2) is 0 Å². The highest BCUT2D eigenvalue weighted by atomic mass is 35.5. The summed E-state index contributed by atoms with van der Waals surface area (Å²) in [5.41, 5.74) is 0.466. The van der Waals surface area contributed by atoms with E-state index in [-0.39, 0.29) is 17.7 Å². The van der Waals surface area contributed by atoms with E-state index in [2.05, 4.69) is 0 Å². The van der Waals surface area contributed by atoms with Crippen LogP contribution in [-0.2, 0) is 4.79 Å². The number of carbonyl (C=O) groups excluding carboxylic acids is 2. The van der Waals surface area contributed by atoms with Crippen LogP contribution in [0.1, 0.15) is 29.6 Å². The molecule has 1 aliphatic heterocycles. The molecule has 6 heteroatoms. The number of nitrogens with zero attached hydrogens (tertiary/aromatic N) is 2. The lowest BCUT2D eigenvalue weighted by Gasteiger charge is -2.22. The van der Waals surface area contributed by atoms with Crippen LogP contribution in [0.5, 0.6) is 0 Å². The van der Waals surface area contributed by atoms with Gasteiger partial charge in [-0.15, -0.1) is 0 Å². The third-order valence-electron chi connectivity index (χ3n) is 4.18. The van der Waals surface area contributed by atoms with E-state index in [0.717, 1.165) is 25.8 Å². The first-order chi connectivity index (χ1) is 10.6. The molecule has 1 aromatic carbocycles. The molecule has 0 radical (unpaired) electrons. The second-order valence-corrected chi connectivity index (χ2v) is 6.71. The third-order valence-corrected chi connectivity index (χ3v) is 4.73. The van der Waals surface area contributed by atoms with E-state index in [1.54, 1.807) is 23.1 Å². The Kier molecular flexibility index (Phi) is 4.59. The van der Waals surface area contributed by atoms with Gasteiger partial charge in [0.2, 0.25) is 5.91 Å². The Balaban J connectivity index is 1.67. The van der Waals surface area contributed by atoms with Crippen molar-refractivity contribution >= 4 is 35.0 Å². The van der Waals surface area contributed by atoms with Crippen molar-refractivity contribution in [2.45, 2.75) is 19.3 Å². The maximum Gasteiger partial charge on any atom is 0.255 e. The standard InChI is InChI=1S/C16H18Cl2N2O2/c17-12-4-5-13(14(18)10-12)16(22)20-7-1-6-19(8-9-20)15(21)11-2-3-11/h4-5,10-11H,1-3,6-9H2. The fraction of sp³-hybridized carbons (Fsp3) is 0.500. The fourth-order valence-corrected chi connectivity index (χ4v) is 3.25. The van der Waals surface area contributed by atoms with E-state index >= 15 is 0 Å². The van der Waals surface area contributed by atoms with E-state index in [1.165, 1.54) is 0 Å². The molecule has 22 heavy (non-hydrogen) atoms. The maximum atomic E-state index is 12.6. The highest BCUT2D eigenvalue weighted by Gasteiger charge is 2.34. The zero-order chi connectivity index (χ0) is 15.7. The largest absolute Gasteiger partial charge is 0.341 e. The van der Waals surface area contributed by atoms with E-state index in [0.29, 0.717) is 35.2 Å². The normalized spacial score (nSPS) is 19.0. The summed E-state index contributed by atoms with van der Waals surface area (Å²) in [6.07, 6.45) is 2.83. The average molecular weight is 341 g/mol. The van der Waals surface area contributed by atoms with Gasteiger partial charge < -0.3 is 9.80 Å². The van der Waals surface area contributed by atoms with Gasteiger partial charge in [-0.1, -0.05) is 23.2 Å². The summed E-state index contributed by atoms with van der Waals surface area (Å²) in [7, 11) is 0. The van der Waals surface area contributed by atoms with Gasteiger partial charge >= 0.3 is 0 Å². The average Bonchev–Trinajstić information content (AvgIpc) is 3.32. The molecule has 0 spiro atoms. The molecule has 2 aliphatic rings. The summed E-state index contributed by atoms with van der Waals surface area (Å²) in [6.45, 7) is 2.53. The molecule has 0 atom stereocenters. The van der Waals surface area contributed by atoms with Crippen LogP contribution in [0, 0.1) is 5.92 Å². The summed E-state index contributed by atoms with van der Waals surface area (Å²) < 4.78 is 0.